The van der Waals surface area contributed by atoms with E-state index in [0.29, 0.717) is 0 Å². The Morgan fingerprint density at radius 3 is 2.21 bits per heavy atom. The maximum Gasteiger partial charge on any atom is 0.123 e. The van der Waals surface area contributed by atoms with Crippen LogP contribution in [-0.4, -0.2) is 7.05 Å². The first-order chi connectivity index (χ1) is 9.02. The number of nitrogens with one attached hydrogen (secondary N) is 1. The maximum absolute atomic E-state index is 13.4. The molecule has 1 nitrogen and oxygen atoms in total. The van der Waals surface area contributed by atoms with Gasteiger partial charge in [-0.15, -0.1) is 0 Å². The summed E-state index contributed by atoms with van der Waals surface area (Å²) in [5, 5.41) is 3.11. The van der Waals surface area contributed by atoms with Gasteiger partial charge in [0.1, 0.15) is 11.6 Å². The van der Waals surface area contributed by atoms with E-state index in [2.05, 4.69) is 21.2 Å². The van der Waals surface area contributed by atoms with Gasteiger partial charge in [0.15, 0.2) is 0 Å². The highest BCUT2D eigenvalue weighted by Gasteiger charge is 2.18. The van der Waals surface area contributed by atoms with E-state index in [4.69, 9.17) is 0 Å². The molecule has 0 saturated heterocycles. The van der Waals surface area contributed by atoms with Gasteiger partial charge in [-0.05, 0) is 61.0 Å². The van der Waals surface area contributed by atoms with Crippen molar-refractivity contribution >= 4 is 15.9 Å². The Morgan fingerprint density at radius 1 is 1.00 bits per heavy atom. The zero-order valence-electron chi connectivity index (χ0n) is 10.7. The van der Waals surface area contributed by atoms with Crippen LogP contribution >= 0.6 is 15.9 Å². The molecule has 0 fully saturated rings. The Morgan fingerprint density at radius 2 is 1.58 bits per heavy atom. The van der Waals surface area contributed by atoms with Gasteiger partial charge in [-0.2, -0.15) is 0 Å². The second-order valence-electron chi connectivity index (χ2n) is 4.39. The Kier molecular flexibility index (Phi) is 4.32. The Labute approximate surface area is 119 Å². The van der Waals surface area contributed by atoms with Crippen LogP contribution in [0.15, 0.2) is 40.9 Å². The van der Waals surface area contributed by atoms with Crippen LogP contribution in [0.25, 0.3) is 0 Å². The molecule has 0 aliphatic heterocycles. The lowest BCUT2D eigenvalue weighted by molar-refractivity contribution is 0.606. The van der Waals surface area contributed by atoms with Crippen LogP contribution in [0, 0.1) is 18.6 Å². The first-order valence-corrected chi connectivity index (χ1v) is 6.70. The summed E-state index contributed by atoms with van der Waals surface area (Å²) in [7, 11) is 1.77. The third-order valence-corrected chi connectivity index (χ3v) is 3.83. The van der Waals surface area contributed by atoms with Crippen molar-refractivity contribution < 1.29 is 8.78 Å². The highest BCUT2D eigenvalue weighted by atomic mass is 79.9. The first kappa shape index (κ1) is 14.2. The summed E-state index contributed by atoms with van der Waals surface area (Å²) < 4.78 is 27.6. The van der Waals surface area contributed by atoms with Crippen LogP contribution in [0.1, 0.15) is 22.7 Å². The molecular weight excluding hydrogens is 312 g/mol. The van der Waals surface area contributed by atoms with Crippen molar-refractivity contribution in [1.29, 1.82) is 0 Å². The third-order valence-electron chi connectivity index (χ3n) is 3.11. The zero-order chi connectivity index (χ0) is 14.0. The standard InChI is InChI=1S/C15H14BrF2N/c1-9-3-4-10(17)7-12(9)15(19-2)13-8-11(18)5-6-14(13)16/h3-8,15,19H,1-2H3. The predicted octanol–water partition coefficient (Wildman–Crippen LogP) is 4.34. The molecule has 0 amide bonds. The van der Waals surface area contributed by atoms with E-state index in [1.54, 1.807) is 19.2 Å². The topological polar surface area (TPSA) is 12.0 Å². The Hall–Kier alpha value is -1.26. The Balaban J connectivity index is 2.55. The molecule has 0 aliphatic rings. The number of halogens is 3. The van der Waals surface area contributed by atoms with Gasteiger partial charge >= 0.3 is 0 Å². The minimum atomic E-state index is -0.312. The number of hydrogen-bond donors (Lipinski definition) is 1. The quantitative estimate of drug-likeness (QED) is 0.884. The maximum atomic E-state index is 13.4. The normalized spacial score (nSPS) is 12.5. The van der Waals surface area contributed by atoms with Crippen molar-refractivity contribution in [3.8, 4) is 0 Å². The molecule has 2 aromatic rings. The molecule has 0 saturated carbocycles. The monoisotopic (exact) mass is 325 g/mol. The Bertz CT molecular complexity index is 547. The lowest BCUT2D eigenvalue weighted by Crippen LogP contribution is -2.19. The van der Waals surface area contributed by atoms with Gasteiger partial charge in [-0.1, -0.05) is 22.0 Å². The smallest absolute Gasteiger partial charge is 0.123 e. The van der Waals surface area contributed by atoms with Gasteiger partial charge in [0.25, 0.3) is 0 Å². The largest absolute Gasteiger partial charge is 0.309 e. The van der Waals surface area contributed by atoms with Crippen molar-refractivity contribution in [1.82, 2.24) is 5.32 Å². The van der Waals surface area contributed by atoms with Crippen molar-refractivity contribution in [3.63, 3.8) is 0 Å². The molecular formula is C15H14BrF2N. The van der Waals surface area contributed by atoms with Gasteiger partial charge in [0, 0.05) is 4.47 Å². The van der Waals surface area contributed by atoms with Crippen LogP contribution in [0.5, 0.6) is 0 Å². The highest BCUT2D eigenvalue weighted by molar-refractivity contribution is 9.10. The number of benzene rings is 2. The average molecular weight is 326 g/mol. The molecule has 0 aromatic heterocycles. The van der Waals surface area contributed by atoms with Crippen LogP contribution < -0.4 is 5.32 Å². The molecule has 0 heterocycles. The molecule has 1 N–H and O–H groups in total. The predicted molar refractivity (Wildman–Crippen MR) is 76.1 cm³/mol. The van der Waals surface area contributed by atoms with Crippen molar-refractivity contribution in [2.24, 2.45) is 0 Å². The zero-order valence-corrected chi connectivity index (χ0v) is 12.3. The molecule has 0 bridgehead atoms. The second kappa shape index (κ2) is 5.80. The fourth-order valence-electron chi connectivity index (χ4n) is 2.14. The fraction of sp³-hybridized carbons (Fsp3) is 0.200. The van der Waals surface area contributed by atoms with E-state index >= 15 is 0 Å². The molecule has 1 atom stereocenters. The number of rotatable bonds is 3. The van der Waals surface area contributed by atoms with E-state index in [1.807, 2.05) is 6.92 Å². The van der Waals surface area contributed by atoms with Gasteiger partial charge in [0.2, 0.25) is 0 Å². The fourth-order valence-corrected chi connectivity index (χ4v) is 2.61. The van der Waals surface area contributed by atoms with E-state index in [9.17, 15) is 8.78 Å². The average Bonchev–Trinajstić information content (AvgIpc) is 2.38. The van der Waals surface area contributed by atoms with Crippen LogP contribution in [0.2, 0.25) is 0 Å². The molecule has 0 aliphatic carbocycles. The molecule has 0 radical (unpaired) electrons. The summed E-state index contributed by atoms with van der Waals surface area (Å²) >= 11 is 3.41. The van der Waals surface area contributed by atoms with Gasteiger partial charge in [0.05, 0.1) is 6.04 Å². The van der Waals surface area contributed by atoms with E-state index < -0.39 is 0 Å². The number of hydrogen-bond acceptors (Lipinski definition) is 1. The summed E-state index contributed by atoms with van der Waals surface area (Å²) in [6, 6.07) is 8.86. The minimum absolute atomic E-state index is 0.263. The highest BCUT2D eigenvalue weighted by Crippen LogP contribution is 2.31. The third kappa shape index (κ3) is 3.01. The summed E-state index contributed by atoms with van der Waals surface area (Å²) in [4.78, 5) is 0. The van der Waals surface area contributed by atoms with Crippen LogP contribution in [-0.2, 0) is 0 Å². The van der Waals surface area contributed by atoms with Crippen molar-refractivity contribution in [2.45, 2.75) is 13.0 Å². The number of aryl methyl sites for hydroxylation is 1. The molecule has 19 heavy (non-hydrogen) atoms. The van der Waals surface area contributed by atoms with Gasteiger partial charge in [-0.3, -0.25) is 0 Å². The molecule has 4 heteroatoms. The van der Waals surface area contributed by atoms with E-state index in [1.165, 1.54) is 24.3 Å². The minimum Gasteiger partial charge on any atom is -0.309 e. The van der Waals surface area contributed by atoms with Gasteiger partial charge < -0.3 is 5.32 Å². The summed E-state index contributed by atoms with van der Waals surface area (Å²) in [5.41, 5.74) is 2.50. The summed E-state index contributed by atoms with van der Waals surface area (Å²) in [6.07, 6.45) is 0. The lowest BCUT2D eigenvalue weighted by Gasteiger charge is -2.21. The second-order valence-corrected chi connectivity index (χ2v) is 5.24. The van der Waals surface area contributed by atoms with Crippen LogP contribution in [0.3, 0.4) is 0 Å². The van der Waals surface area contributed by atoms with E-state index in [-0.39, 0.29) is 17.7 Å². The van der Waals surface area contributed by atoms with Crippen molar-refractivity contribution in [2.75, 3.05) is 7.05 Å². The molecule has 0 spiro atoms. The molecule has 1 unspecified atom stereocenters. The molecule has 2 aromatic carbocycles. The SMILES string of the molecule is CNC(c1cc(F)ccc1C)c1cc(F)ccc1Br. The lowest BCUT2D eigenvalue weighted by atomic mass is 9.95. The first-order valence-electron chi connectivity index (χ1n) is 5.91. The summed E-state index contributed by atoms with van der Waals surface area (Å²) in [5.74, 6) is -0.610. The molecule has 100 valence electrons. The molecule has 2 rings (SSSR count). The van der Waals surface area contributed by atoms with Crippen molar-refractivity contribution in [3.05, 3.63) is 69.2 Å². The summed E-state index contributed by atoms with van der Waals surface area (Å²) in [6.45, 7) is 1.91. The van der Waals surface area contributed by atoms with Gasteiger partial charge in [-0.25, -0.2) is 8.78 Å². The van der Waals surface area contributed by atoms with E-state index in [0.717, 1.165) is 21.2 Å². The van der Waals surface area contributed by atoms with Crippen LogP contribution in [0.4, 0.5) is 8.78 Å².